The van der Waals surface area contributed by atoms with E-state index in [2.05, 4.69) is 5.32 Å². The molecule has 2 amide bonds. The van der Waals surface area contributed by atoms with Crippen molar-refractivity contribution in [3.63, 3.8) is 0 Å². The number of hydrogen-bond donors (Lipinski definition) is 2. The van der Waals surface area contributed by atoms with Crippen LogP contribution in [0.1, 0.15) is 19.8 Å². The predicted molar refractivity (Wildman–Crippen MR) is 91.0 cm³/mol. The second-order valence-corrected chi connectivity index (χ2v) is 6.03. The average molecular weight is 311 g/mol. The van der Waals surface area contributed by atoms with Crippen LogP contribution in [0.25, 0.3) is 10.8 Å². The summed E-state index contributed by atoms with van der Waals surface area (Å²) in [5.74, 6) is -0.312. The molecule has 0 unspecified atom stereocenters. The van der Waals surface area contributed by atoms with Gasteiger partial charge in [-0.15, -0.1) is 0 Å². The Hall–Kier alpha value is -2.40. The molecular weight excluding hydrogens is 290 g/mol. The van der Waals surface area contributed by atoms with E-state index in [0.29, 0.717) is 13.0 Å². The van der Waals surface area contributed by atoms with Gasteiger partial charge in [-0.1, -0.05) is 30.3 Å². The Morgan fingerprint density at radius 3 is 2.70 bits per heavy atom. The van der Waals surface area contributed by atoms with Gasteiger partial charge in [0.05, 0.1) is 6.04 Å². The van der Waals surface area contributed by atoms with Crippen LogP contribution in [-0.2, 0) is 9.59 Å². The molecule has 1 heterocycles. The first-order valence-corrected chi connectivity index (χ1v) is 7.92. The lowest BCUT2D eigenvalue weighted by molar-refractivity contribution is -0.137. The number of amides is 2. The molecule has 0 spiro atoms. The summed E-state index contributed by atoms with van der Waals surface area (Å²) in [6.45, 7) is 2.25. The Morgan fingerprint density at radius 2 is 1.96 bits per heavy atom. The summed E-state index contributed by atoms with van der Waals surface area (Å²) in [7, 11) is 0. The van der Waals surface area contributed by atoms with Crippen LogP contribution in [-0.4, -0.2) is 35.3 Å². The molecule has 0 aromatic heterocycles. The average Bonchev–Trinajstić information content (AvgIpc) is 3.03. The summed E-state index contributed by atoms with van der Waals surface area (Å²) in [4.78, 5) is 26.2. The Balaban J connectivity index is 1.75. The van der Waals surface area contributed by atoms with E-state index in [-0.39, 0.29) is 11.8 Å². The molecule has 0 aliphatic carbocycles. The largest absolute Gasteiger partial charge is 0.329 e. The quantitative estimate of drug-likeness (QED) is 0.911. The topological polar surface area (TPSA) is 75.4 Å². The number of carbonyl (C=O) groups is 2. The highest BCUT2D eigenvalue weighted by atomic mass is 16.2. The predicted octanol–water partition coefficient (Wildman–Crippen LogP) is 2.12. The Labute approximate surface area is 135 Å². The minimum atomic E-state index is -0.580. The zero-order valence-electron chi connectivity index (χ0n) is 13.2. The van der Waals surface area contributed by atoms with Gasteiger partial charge in [0.15, 0.2) is 0 Å². The third-order valence-corrected chi connectivity index (χ3v) is 4.25. The molecule has 3 N–H and O–H groups in total. The molecule has 3 rings (SSSR count). The lowest BCUT2D eigenvalue weighted by atomic mass is 10.1. The van der Waals surface area contributed by atoms with E-state index in [1.54, 1.807) is 11.8 Å². The molecule has 1 fully saturated rings. The van der Waals surface area contributed by atoms with Crippen molar-refractivity contribution >= 4 is 28.3 Å². The van der Waals surface area contributed by atoms with Crippen LogP contribution in [0.5, 0.6) is 0 Å². The molecule has 2 atom stereocenters. The highest BCUT2D eigenvalue weighted by Crippen LogP contribution is 2.22. The van der Waals surface area contributed by atoms with E-state index in [9.17, 15) is 9.59 Å². The summed E-state index contributed by atoms with van der Waals surface area (Å²) in [5.41, 5.74) is 6.41. The summed E-state index contributed by atoms with van der Waals surface area (Å²) in [6.07, 6.45) is 1.51. The maximum Gasteiger partial charge on any atom is 0.247 e. The van der Waals surface area contributed by atoms with Crippen molar-refractivity contribution in [3.05, 3.63) is 42.5 Å². The van der Waals surface area contributed by atoms with Gasteiger partial charge in [-0.05, 0) is 42.7 Å². The second-order valence-electron chi connectivity index (χ2n) is 6.03. The molecule has 5 heteroatoms. The van der Waals surface area contributed by atoms with Gasteiger partial charge in [0, 0.05) is 12.2 Å². The van der Waals surface area contributed by atoms with Crippen LogP contribution in [0, 0.1) is 0 Å². The Kier molecular flexibility index (Phi) is 4.30. The molecule has 5 nitrogen and oxygen atoms in total. The van der Waals surface area contributed by atoms with Crippen molar-refractivity contribution in [1.82, 2.24) is 4.90 Å². The van der Waals surface area contributed by atoms with Gasteiger partial charge in [0.2, 0.25) is 11.8 Å². The number of fused-ring (bicyclic) bond motifs is 1. The van der Waals surface area contributed by atoms with Gasteiger partial charge in [0.1, 0.15) is 6.04 Å². The minimum Gasteiger partial charge on any atom is -0.329 e. The molecule has 23 heavy (non-hydrogen) atoms. The lowest BCUT2D eigenvalue weighted by Gasteiger charge is -2.25. The van der Waals surface area contributed by atoms with Crippen LogP contribution in [0.15, 0.2) is 42.5 Å². The van der Waals surface area contributed by atoms with Gasteiger partial charge >= 0.3 is 0 Å². The van der Waals surface area contributed by atoms with Crippen LogP contribution >= 0.6 is 0 Å². The molecule has 1 aliphatic heterocycles. The van der Waals surface area contributed by atoms with E-state index < -0.39 is 12.1 Å². The van der Waals surface area contributed by atoms with E-state index in [0.717, 1.165) is 22.9 Å². The monoisotopic (exact) mass is 311 g/mol. The highest BCUT2D eigenvalue weighted by Gasteiger charge is 2.35. The molecule has 120 valence electrons. The van der Waals surface area contributed by atoms with Crippen molar-refractivity contribution in [2.45, 2.75) is 31.8 Å². The van der Waals surface area contributed by atoms with Crippen molar-refractivity contribution in [3.8, 4) is 0 Å². The maximum atomic E-state index is 12.5. The van der Waals surface area contributed by atoms with E-state index in [1.165, 1.54) is 0 Å². The number of nitrogens with zero attached hydrogens (tertiary/aromatic N) is 1. The van der Waals surface area contributed by atoms with Gasteiger partial charge in [-0.2, -0.15) is 0 Å². The number of nitrogens with one attached hydrogen (secondary N) is 1. The molecule has 2 aromatic carbocycles. The van der Waals surface area contributed by atoms with Crippen molar-refractivity contribution in [2.24, 2.45) is 5.73 Å². The van der Waals surface area contributed by atoms with Crippen LogP contribution in [0.3, 0.4) is 0 Å². The first kappa shape index (κ1) is 15.5. The van der Waals surface area contributed by atoms with Gasteiger partial charge in [0.25, 0.3) is 0 Å². The summed E-state index contributed by atoms with van der Waals surface area (Å²) in [5, 5.41) is 5.12. The normalized spacial score (nSPS) is 18.9. The van der Waals surface area contributed by atoms with Crippen LogP contribution in [0.4, 0.5) is 5.69 Å². The summed E-state index contributed by atoms with van der Waals surface area (Å²) in [6, 6.07) is 12.8. The molecule has 0 bridgehead atoms. The number of nitrogens with two attached hydrogens (primary N) is 1. The second kappa shape index (κ2) is 6.38. The standard InChI is InChI=1S/C18H21N3O2/c1-12(19)18(23)21-10-4-7-16(21)17(22)20-15-9-8-13-5-2-3-6-14(13)11-15/h2-3,5-6,8-9,11-12,16H,4,7,10,19H2,1H3,(H,20,22)/t12-,16-/m0/s1. The highest BCUT2D eigenvalue weighted by molar-refractivity contribution is 5.99. The lowest BCUT2D eigenvalue weighted by Crippen LogP contribution is -2.48. The Morgan fingerprint density at radius 1 is 1.22 bits per heavy atom. The first-order chi connectivity index (χ1) is 11.1. The Bertz CT molecular complexity index is 742. The number of carbonyl (C=O) groups excluding carboxylic acids is 2. The van der Waals surface area contributed by atoms with Gasteiger partial charge in [-0.3, -0.25) is 9.59 Å². The fourth-order valence-corrected chi connectivity index (χ4v) is 3.06. The third kappa shape index (κ3) is 3.19. The molecule has 1 saturated heterocycles. The summed E-state index contributed by atoms with van der Waals surface area (Å²) >= 11 is 0. The van der Waals surface area contributed by atoms with Gasteiger partial charge in [-0.25, -0.2) is 0 Å². The molecule has 1 aliphatic rings. The summed E-state index contributed by atoms with van der Waals surface area (Å²) < 4.78 is 0. The van der Waals surface area contributed by atoms with E-state index in [4.69, 9.17) is 5.73 Å². The van der Waals surface area contributed by atoms with Crippen LogP contribution < -0.4 is 11.1 Å². The fraction of sp³-hybridized carbons (Fsp3) is 0.333. The number of likely N-dealkylation sites (tertiary alicyclic amines) is 1. The number of anilines is 1. The van der Waals surface area contributed by atoms with E-state index >= 15 is 0 Å². The SMILES string of the molecule is C[C@H](N)C(=O)N1CCC[C@H]1C(=O)Nc1ccc2ccccc2c1. The smallest absolute Gasteiger partial charge is 0.247 e. The fourth-order valence-electron chi connectivity index (χ4n) is 3.06. The number of rotatable bonds is 3. The maximum absolute atomic E-state index is 12.5. The molecule has 2 aromatic rings. The number of benzene rings is 2. The minimum absolute atomic E-state index is 0.146. The van der Waals surface area contributed by atoms with Crippen molar-refractivity contribution < 1.29 is 9.59 Å². The molecule has 0 saturated carbocycles. The first-order valence-electron chi connectivity index (χ1n) is 7.92. The molecule has 0 radical (unpaired) electrons. The van der Waals surface area contributed by atoms with Crippen molar-refractivity contribution in [2.75, 3.05) is 11.9 Å². The molecular formula is C18H21N3O2. The third-order valence-electron chi connectivity index (χ3n) is 4.25. The van der Waals surface area contributed by atoms with Crippen molar-refractivity contribution in [1.29, 1.82) is 0 Å². The number of hydrogen-bond acceptors (Lipinski definition) is 3. The van der Waals surface area contributed by atoms with E-state index in [1.807, 2.05) is 42.5 Å². The zero-order chi connectivity index (χ0) is 16.4. The van der Waals surface area contributed by atoms with Crippen LogP contribution in [0.2, 0.25) is 0 Å². The zero-order valence-corrected chi connectivity index (χ0v) is 13.2. The van der Waals surface area contributed by atoms with Gasteiger partial charge < -0.3 is 16.0 Å².